The van der Waals surface area contributed by atoms with E-state index >= 15 is 0 Å². The van der Waals surface area contributed by atoms with Gasteiger partial charge >= 0.3 is 7.12 Å². The van der Waals surface area contributed by atoms with Gasteiger partial charge in [-0.2, -0.15) is 0 Å². The first kappa shape index (κ1) is 20.0. The summed E-state index contributed by atoms with van der Waals surface area (Å²) >= 11 is 0. The molecule has 0 saturated carbocycles. The Morgan fingerprint density at radius 3 is 1.61 bits per heavy atom. The topological polar surface area (TPSA) is 18.5 Å². The lowest BCUT2D eigenvalue weighted by atomic mass is 9.78. The quantitative estimate of drug-likeness (QED) is 0.455. The van der Waals surface area contributed by atoms with Crippen LogP contribution in [0.25, 0.3) is 0 Å². The van der Waals surface area contributed by atoms with Gasteiger partial charge in [-0.1, -0.05) is 44.2 Å². The van der Waals surface area contributed by atoms with Gasteiger partial charge in [0.1, 0.15) is 12.3 Å². The molecule has 1 aromatic carbocycles. The average molecular weight is 334 g/mol. The highest BCUT2D eigenvalue weighted by molar-refractivity contribution is 6.61. The Balaban J connectivity index is 2.63. The summed E-state index contributed by atoms with van der Waals surface area (Å²) in [5.74, 6) is 0. The van der Waals surface area contributed by atoms with Crippen LogP contribution in [0.15, 0.2) is 30.3 Å². The molecule has 0 aliphatic rings. The Kier molecular flexibility index (Phi) is 9.25. The van der Waals surface area contributed by atoms with E-state index in [0.29, 0.717) is 5.46 Å². The van der Waals surface area contributed by atoms with Crippen molar-refractivity contribution in [3.8, 4) is 0 Å². The average Bonchev–Trinajstić information content (AvgIpc) is 2.60. The fourth-order valence-electron chi connectivity index (χ4n) is 1.93. The molecule has 0 spiro atoms. The van der Waals surface area contributed by atoms with Gasteiger partial charge in [0.15, 0.2) is 12.3 Å². The molecule has 4 unspecified atom stereocenters. The van der Waals surface area contributed by atoms with Crippen LogP contribution in [-0.2, 0) is 9.31 Å². The fourth-order valence-corrected chi connectivity index (χ4v) is 1.93. The summed E-state index contributed by atoms with van der Waals surface area (Å²) in [6.07, 6.45) is -6.77. The number of benzene rings is 1. The molecule has 0 aliphatic heterocycles. The van der Waals surface area contributed by atoms with Crippen LogP contribution >= 0.6 is 0 Å². The van der Waals surface area contributed by atoms with Crippen LogP contribution in [0.4, 0.5) is 17.6 Å². The molecule has 0 fully saturated rings. The van der Waals surface area contributed by atoms with Crippen molar-refractivity contribution < 1.29 is 26.9 Å². The Labute approximate surface area is 135 Å². The second kappa shape index (κ2) is 10.7. The molecule has 7 heteroatoms. The van der Waals surface area contributed by atoms with Crippen LogP contribution in [-0.4, -0.2) is 45.0 Å². The van der Waals surface area contributed by atoms with Crippen molar-refractivity contribution in [1.29, 1.82) is 0 Å². The highest BCUT2D eigenvalue weighted by Crippen LogP contribution is 2.11. The summed E-state index contributed by atoms with van der Waals surface area (Å²) in [5.41, 5.74) is 0.533. The summed E-state index contributed by atoms with van der Waals surface area (Å²) in [4.78, 5) is 0. The fraction of sp³-hybridized carbons (Fsp3) is 0.625. The first-order chi connectivity index (χ1) is 11.0. The van der Waals surface area contributed by atoms with E-state index in [2.05, 4.69) is 0 Å². The number of rotatable bonds is 11. The zero-order chi connectivity index (χ0) is 17.2. The highest BCUT2D eigenvalue weighted by atomic mass is 19.2. The van der Waals surface area contributed by atoms with Crippen LogP contribution in [0.5, 0.6) is 0 Å². The van der Waals surface area contributed by atoms with Gasteiger partial charge in [0, 0.05) is 0 Å². The molecule has 0 amide bonds. The van der Waals surface area contributed by atoms with Gasteiger partial charge in [0.05, 0.1) is 13.2 Å². The third kappa shape index (κ3) is 6.91. The Hall–Kier alpha value is -1.08. The predicted octanol–water partition coefficient (Wildman–Crippen LogP) is 3.59. The van der Waals surface area contributed by atoms with E-state index in [-0.39, 0.29) is 12.8 Å². The van der Waals surface area contributed by atoms with E-state index in [1.807, 2.05) is 0 Å². The second-order valence-corrected chi connectivity index (χ2v) is 5.29. The molecule has 4 atom stereocenters. The minimum Gasteiger partial charge on any atom is -0.404 e. The smallest absolute Gasteiger partial charge is 0.404 e. The molecule has 23 heavy (non-hydrogen) atoms. The molecule has 0 N–H and O–H groups in total. The molecule has 1 rings (SSSR count). The van der Waals surface area contributed by atoms with E-state index < -0.39 is 45.0 Å². The highest BCUT2D eigenvalue weighted by Gasteiger charge is 2.28. The third-order valence-corrected chi connectivity index (χ3v) is 3.45. The van der Waals surface area contributed by atoms with E-state index in [1.54, 1.807) is 30.3 Å². The first-order valence-electron chi connectivity index (χ1n) is 7.83. The van der Waals surface area contributed by atoms with Gasteiger partial charge in [0.25, 0.3) is 0 Å². The molecule has 2 nitrogen and oxygen atoms in total. The maximum absolute atomic E-state index is 13.6. The zero-order valence-electron chi connectivity index (χ0n) is 13.4. The number of hydrogen-bond donors (Lipinski definition) is 0. The maximum Gasteiger partial charge on any atom is 0.494 e. The van der Waals surface area contributed by atoms with Crippen LogP contribution in [0.2, 0.25) is 0 Å². The molecular weight excluding hydrogens is 311 g/mol. The summed E-state index contributed by atoms with van der Waals surface area (Å²) in [6.45, 7) is 2.03. The normalized spacial score (nSPS) is 16.6. The van der Waals surface area contributed by atoms with Gasteiger partial charge in [-0.05, 0) is 18.3 Å². The Morgan fingerprint density at radius 1 is 0.783 bits per heavy atom. The van der Waals surface area contributed by atoms with E-state index in [1.165, 1.54) is 13.8 Å². The van der Waals surface area contributed by atoms with Crippen LogP contribution in [0.1, 0.15) is 26.7 Å². The van der Waals surface area contributed by atoms with Crippen molar-refractivity contribution in [2.45, 2.75) is 51.4 Å². The Morgan fingerprint density at radius 2 is 1.22 bits per heavy atom. The number of halogens is 4. The van der Waals surface area contributed by atoms with Gasteiger partial charge in [-0.25, -0.2) is 17.6 Å². The monoisotopic (exact) mass is 334 g/mol. The molecular formula is C16H23BF4O2. The largest absolute Gasteiger partial charge is 0.494 e. The SMILES string of the molecule is CCC(F)C(F)COB(OCC(F)C(F)CC)c1ccccc1. The third-order valence-electron chi connectivity index (χ3n) is 3.45. The van der Waals surface area contributed by atoms with E-state index in [9.17, 15) is 17.6 Å². The minimum absolute atomic E-state index is 0.0357. The Bertz CT molecular complexity index is 404. The summed E-state index contributed by atoms with van der Waals surface area (Å²) in [5, 5.41) is 0. The first-order valence-corrected chi connectivity index (χ1v) is 7.83. The number of alkyl halides is 4. The molecule has 0 heterocycles. The van der Waals surface area contributed by atoms with Crippen LogP contribution in [0, 0.1) is 0 Å². The van der Waals surface area contributed by atoms with Crippen molar-refractivity contribution in [3.05, 3.63) is 30.3 Å². The predicted molar refractivity (Wildman–Crippen MR) is 83.9 cm³/mol. The second-order valence-electron chi connectivity index (χ2n) is 5.29. The lowest BCUT2D eigenvalue weighted by Gasteiger charge is -2.20. The molecule has 0 bridgehead atoms. The standard InChI is InChI=1S/C16H23BF4O2/c1-3-13(18)15(20)10-22-17(12-8-6-5-7-9-12)23-11-16(21)14(19)4-2/h5-9,13-16H,3-4,10-11H2,1-2H3. The lowest BCUT2D eigenvalue weighted by Crippen LogP contribution is -2.41. The van der Waals surface area contributed by atoms with E-state index in [4.69, 9.17) is 9.31 Å². The molecule has 0 aliphatic carbocycles. The van der Waals surface area contributed by atoms with Crippen molar-refractivity contribution in [1.82, 2.24) is 0 Å². The maximum atomic E-state index is 13.6. The van der Waals surface area contributed by atoms with Crippen LogP contribution < -0.4 is 5.46 Å². The van der Waals surface area contributed by atoms with Gasteiger partial charge in [-0.15, -0.1) is 0 Å². The minimum atomic E-state index is -1.79. The van der Waals surface area contributed by atoms with Crippen molar-refractivity contribution in [3.63, 3.8) is 0 Å². The van der Waals surface area contributed by atoms with Crippen molar-refractivity contribution >= 4 is 12.6 Å². The van der Waals surface area contributed by atoms with Gasteiger partial charge in [-0.3, -0.25) is 0 Å². The summed E-state index contributed by atoms with van der Waals surface area (Å²) in [6, 6.07) is 8.50. The number of hydrogen-bond acceptors (Lipinski definition) is 2. The van der Waals surface area contributed by atoms with Crippen molar-refractivity contribution in [2.75, 3.05) is 13.2 Å². The molecule has 130 valence electrons. The zero-order valence-corrected chi connectivity index (χ0v) is 13.4. The molecule has 0 radical (unpaired) electrons. The van der Waals surface area contributed by atoms with Gasteiger partial charge in [0.2, 0.25) is 0 Å². The summed E-state index contributed by atoms with van der Waals surface area (Å²) in [7, 11) is -1.07. The van der Waals surface area contributed by atoms with Crippen molar-refractivity contribution in [2.24, 2.45) is 0 Å². The van der Waals surface area contributed by atoms with Gasteiger partial charge < -0.3 is 9.31 Å². The van der Waals surface area contributed by atoms with E-state index in [0.717, 1.165) is 0 Å². The molecule has 0 aromatic heterocycles. The van der Waals surface area contributed by atoms with Crippen LogP contribution in [0.3, 0.4) is 0 Å². The molecule has 1 aromatic rings. The molecule has 0 saturated heterocycles. The summed E-state index contributed by atoms with van der Waals surface area (Å²) < 4.78 is 64.1. The lowest BCUT2D eigenvalue weighted by molar-refractivity contribution is 0.0682.